The van der Waals surface area contributed by atoms with E-state index in [0.717, 1.165) is 6.42 Å². The van der Waals surface area contributed by atoms with E-state index in [1.54, 1.807) is 19.1 Å². The van der Waals surface area contributed by atoms with Gasteiger partial charge in [0.05, 0.1) is 23.1 Å². The Kier molecular flexibility index (Phi) is 6.37. The van der Waals surface area contributed by atoms with E-state index < -0.39 is 18.5 Å². The van der Waals surface area contributed by atoms with Crippen molar-refractivity contribution in [3.63, 3.8) is 0 Å². The fraction of sp³-hybridized carbons (Fsp3) is 0.296. The maximum Gasteiger partial charge on any atom is 0.338 e. The molecule has 1 aliphatic heterocycles. The molecule has 1 saturated carbocycles. The van der Waals surface area contributed by atoms with Gasteiger partial charge in [0.25, 0.3) is 5.91 Å². The minimum Gasteiger partial charge on any atom is -0.452 e. The molecule has 1 aliphatic carbocycles. The lowest BCUT2D eigenvalue weighted by Gasteiger charge is -2.28. The van der Waals surface area contributed by atoms with Crippen LogP contribution in [0, 0.1) is 18.8 Å². The Morgan fingerprint density at radius 1 is 1.03 bits per heavy atom. The van der Waals surface area contributed by atoms with Gasteiger partial charge in [-0.2, -0.15) is 0 Å². The number of aromatic nitrogens is 1. The molecule has 1 saturated heterocycles. The van der Waals surface area contributed by atoms with Crippen molar-refractivity contribution in [2.45, 2.75) is 32.1 Å². The van der Waals surface area contributed by atoms with Crippen LogP contribution in [0.5, 0.6) is 0 Å². The molecule has 0 bridgehead atoms. The molecule has 36 heavy (non-hydrogen) atoms. The molecule has 0 unspecified atom stereocenters. The van der Waals surface area contributed by atoms with Crippen LogP contribution in [-0.4, -0.2) is 35.5 Å². The van der Waals surface area contributed by atoms with Crippen molar-refractivity contribution >= 4 is 35.2 Å². The number of esters is 1. The Morgan fingerprint density at radius 2 is 1.81 bits per heavy atom. The highest BCUT2D eigenvalue weighted by Crippen LogP contribution is 2.45. The number of nitrogens with zero attached hydrogens (tertiary/aromatic N) is 2. The van der Waals surface area contributed by atoms with E-state index in [2.05, 4.69) is 22.6 Å². The summed E-state index contributed by atoms with van der Waals surface area (Å²) in [4.78, 5) is 52.3. The molecule has 3 amide bonds. The van der Waals surface area contributed by atoms with E-state index in [-0.39, 0.29) is 40.9 Å². The lowest BCUT2D eigenvalue weighted by molar-refractivity contribution is -0.122. The van der Waals surface area contributed by atoms with Crippen LogP contribution < -0.4 is 10.2 Å². The summed E-state index contributed by atoms with van der Waals surface area (Å²) in [5, 5.41) is 6.11. The third-order valence-corrected chi connectivity index (χ3v) is 6.77. The summed E-state index contributed by atoms with van der Waals surface area (Å²) in [5.41, 5.74) is 1.64. The predicted molar refractivity (Wildman–Crippen MR) is 129 cm³/mol. The number of carbonyl (C=O) groups excluding carboxylic acids is 4. The molecule has 184 valence electrons. The third-order valence-electron chi connectivity index (χ3n) is 6.77. The first kappa shape index (κ1) is 23.5. The van der Waals surface area contributed by atoms with E-state index in [1.165, 1.54) is 28.7 Å². The fourth-order valence-electron chi connectivity index (χ4n) is 5.05. The third kappa shape index (κ3) is 4.64. The van der Waals surface area contributed by atoms with Crippen molar-refractivity contribution in [2.75, 3.05) is 16.8 Å². The maximum absolute atomic E-state index is 13.3. The van der Waals surface area contributed by atoms with Crippen LogP contribution in [0.1, 0.15) is 46.9 Å². The zero-order valence-electron chi connectivity index (χ0n) is 19.7. The second kappa shape index (κ2) is 9.77. The molecule has 0 spiro atoms. The number of benzene rings is 2. The Hall–Kier alpha value is -4.27. The molecule has 9 heteroatoms. The molecular weight excluding hydrogens is 462 g/mol. The summed E-state index contributed by atoms with van der Waals surface area (Å²) in [6, 6.07) is 17.8. The number of nitrogens with one attached hydrogen (secondary N) is 1. The molecule has 9 nitrogen and oxygen atoms in total. The van der Waals surface area contributed by atoms with E-state index in [1.807, 2.05) is 18.2 Å². The first-order valence-electron chi connectivity index (χ1n) is 11.8. The second-order valence-corrected chi connectivity index (χ2v) is 9.14. The Bertz CT molecular complexity index is 1320. The Balaban J connectivity index is 1.25. The lowest BCUT2D eigenvalue weighted by Crippen LogP contribution is -2.31. The first-order chi connectivity index (χ1) is 17.4. The van der Waals surface area contributed by atoms with Gasteiger partial charge in [0.2, 0.25) is 11.8 Å². The molecule has 2 aromatic carbocycles. The standard InChI is InChI=1S/C27H25N3O6/c1-16-12-23(29-36-16)28-24(31)15-35-27(34)19-8-5-9-20(13-19)30-25(32)21-11-10-18(14-22(21)26(30)33)17-6-3-2-4-7-17/h2-9,12-13,18,21-22H,10-11,14-15H2,1H3,(H,28,29,31)/t18-,21-,22+/m1/s1. The number of hydrogen-bond donors (Lipinski definition) is 1. The summed E-state index contributed by atoms with van der Waals surface area (Å²) >= 11 is 0. The highest BCUT2D eigenvalue weighted by molar-refractivity contribution is 6.22. The van der Waals surface area contributed by atoms with Crippen molar-refractivity contribution in [1.82, 2.24) is 5.16 Å². The van der Waals surface area contributed by atoms with Crippen molar-refractivity contribution in [2.24, 2.45) is 11.8 Å². The number of anilines is 2. The van der Waals surface area contributed by atoms with Crippen molar-refractivity contribution in [3.8, 4) is 0 Å². The van der Waals surface area contributed by atoms with Gasteiger partial charge in [-0.25, -0.2) is 4.79 Å². The number of aryl methyl sites for hydroxylation is 1. The van der Waals surface area contributed by atoms with Crippen LogP contribution >= 0.6 is 0 Å². The number of carbonyl (C=O) groups is 4. The molecule has 3 atom stereocenters. The monoisotopic (exact) mass is 487 g/mol. The number of rotatable bonds is 6. The van der Waals surface area contributed by atoms with Gasteiger partial charge in [-0.3, -0.25) is 19.3 Å². The predicted octanol–water partition coefficient (Wildman–Crippen LogP) is 3.85. The van der Waals surface area contributed by atoms with Gasteiger partial charge < -0.3 is 14.6 Å². The van der Waals surface area contributed by atoms with Gasteiger partial charge in [0, 0.05) is 6.07 Å². The maximum atomic E-state index is 13.3. The van der Waals surface area contributed by atoms with E-state index >= 15 is 0 Å². The smallest absolute Gasteiger partial charge is 0.338 e. The van der Waals surface area contributed by atoms with Crippen LogP contribution in [0.15, 0.2) is 65.2 Å². The van der Waals surface area contributed by atoms with Crippen LogP contribution in [0.25, 0.3) is 0 Å². The molecule has 1 N–H and O–H groups in total. The zero-order valence-corrected chi connectivity index (χ0v) is 19.7. The summed E-state index contributed by atoms with van der Waals surface area (Å²) in [7, 11) is 0. The topological polar surface area (TPSA) is 119 Å². The second-order valence-electron chi connectivity index (χ2n) is 9.14. The minimum absolute atomic E-state index is 0.134. The summed E-state index contributed by atoms with van der Waals surface area (Å²) in [6.07, 6.45) is 2.12. The molecule has 3 aromatic rings. The average molecular weight is 488 g/mol. The van der Waals surface area contributed by atoms with Crippen LogP contribution in [0.4, 0.5) is 11.5 Å². The number of imide groups is 1. The lowest BCUT2D eigenvalue weighted by atomic mass is 9.73. The van der Waals surface area contributed by atoms with Crippen LogP contribution in [0.2, 0.25) is 0 Å². The van der Waals surface area contributed by atoms with Gasteiger partial charge in [0.1, 0.15) is 5.76 Å². The molecule has 0 radical (unpaired) electrons. The van der Waals surface area contributed by atoms with Crippen molar-refractivity contribution in [1.29, 1.82) is 0 Å². The van der Waals surface area contributed by atoms with Gasteiger partial charge in [-0.15, -0.1) is 0 Å². The van der Waals surface area contributed by atoms with Crippen molar-refractivity contribution in [3.05, 3.63) is 77.6 Å². The Labute approximate surface area is 207 Å². The molecule has 1 aromatic heterocycles. The van der Waals surface area contributed by atoms with Gasteiger partial charge >= 0.3 is 5.97 Å². The van der Waals surface area contributed by atoms with E-state index in [9.17, 15) is 19.2 Å². The average Bonchev–Trinajstić information content (AvgIpc) is 3.42. The zero-order chi connectivity index (χ0) is 25.2. The fourth-order valence-corrected chi connectivity index (χ4v) is 5.05. The van der Waals surface area contributed by atoms with E-state index in [0.29, 0.717) is 24.3 Å². The number of ether oxygens (including phenoxy) is 1. The van der Waals surface area contributed by atoms with E-state index in [4.69, 9.17) is 9.26 Å². The van der Waals surface area contributed by atoms with Crippen LogP contribution in [0.3, 0.4) is 0 Å². The molecule has 2 fully saturated rings. The SMILES string of the molecule is Cc1cc(NC(=O)COC(=O)c2cccc(N3C(=O)[C@H]4C[C@H](c5ccccc5)CC[C@H]4C3=O)c2)no1. The van der Waals surface area contributed by atoms with Crippen molar-refractivity contribution < 1.29 is 28.4 Å². The molecular formula is C27H25N3O6. The highest BCUT2D eigenvalue weighted by atomic mass is 16.5. The van der Waals surface area contributed by atoms with Gasteiger partial charge in [0.15, 0.2) is 12.4 Å². The highest BCUT2D eigenvalue weighted by Gasteiger charge is 2.50. The molecule has 2 heterocycles. The summed E-state index contributed by atoms with van der Waals surface area (Å²) in [6.45, 7) is 1.16. The normalized spacial score (nSPS) is 21.2. The summed E-state index contributed by atoms with van der Waals surface area (Å²) < 4.78 is 9.97. The molecule has 5 rings (SSSR count). The number of hydrogen-bond acceptors (Lipinski definition) is 7. The first-order valence-corrected chi connectivity index (χ1v) is 11.8. The summed E-state index contributed by atoms with van der Waals surface area (Å²) in [5.74, 6) is -1.54. The van der Waals surface area contributed by atoms with Gasteiger partial charge in [-0.05, 0) is 55.9 Å². The Morgan fingerprint density at radius 3 is 2.56 bits per heavy atom. The number of amides is 3. The number of fused-ring (bicyclic) bond motifs is 1. The van der Waals surface area contributed by atoms with Crippen LogP contribution in [-0.2, 0) is 19.1 Å². The minimum atomic E-state index is -0.746. The molecule has 2 aliphatic rings. The quantitative estimate of drug-likeness (QED) is 0.414. The largest absolute Gasteiger partial charge is 0.452 e. The van der Waals surface area contributed by atoms with Gasteiger partial charge in [-0.1, -0.05) is 41.6 Å².